The number of hydrogen-bond acceptors (Lipinski definition) is 6. The highest BCUT2D eigenvalue weighted by Crippen LogP contribution is 2.69. The number of thioether (sulfide) groups is 1. The first-order chi connectivity index (χ1) is 16.4. The van der Waals surface area contributed by atoms with E-state index in [4.69, 9.17) is 0 Å². The highest BCUT2D eigenvalue weighted by atomic mass is 32.2. The van der Waals surface area contributed by atoms with Crippen molar-refractivity contribution in [3.63, 3.8) is 0 Å². The van der Waals surface area contributed by atoms with Gasteiger partial charge in [0.05, 0.1) is 22.5 Å². The summed E-state index contributed by atoms with van der Waals surface area (Å²) < 4.78 is 13.5. The van der Waals surface area contributed by atoms with E-state index in [0.29, 0.717) is 5.69 Å². The van der Waals surface area contributed by atoms with E-state index >= 15 is 0 Å². The molecule has 2 saturated carbocycles. The molecule has 2 bridgehead atoms. The number of fused-ring (bicyclic) bond motifs is 9. The smallest absolute Gasteiger partial charge is 0.305 e. The van der Waals surface area contributed by atoms with E-state index in [1.54, 1.807) is 23.9 Å². The quantitative estimate of drug-likeness (QED) is 0.527. The molecule has 6 nitrogen and oxygen atoms in total. The molecule has 2 N–H and O–H groups in total. The predicted octanol–water partition coefficient (Wildman–Crippen LogP) is 3.96. The third-order valence-corrected chi connectivity index (χ3v) is 10.7. The molecular weight excluding hydrogens is 475 g/mol. The van der Waals surface area contributed by atoms with Crippen LogP contribution >= 0.6 is 23.1 Å². The molecule has 3 fully saturated rings. The first-order valence-corrected chi connectivity index (χ1v) is 12.9. The predicted molar refractivity (Wildman–Crippen MR) is 125 cm³/mol. The van der Waals surface area contributed by atoms with Crippen molar-refractivity contribution in [2.75, 3.05) is 4.90 Å². The van der Waals surface area contributed by atoms with Gasteiger partial charge in [-0.25, -0.2) is 4.39 Å². The Labute approximate surface area is 201 Å². The lowest BCUT2D eigenvalue weighted by Crippen LogP contribution is -2.42. The molecular formula is C25H19FN2O4S2. The highest BCUT2D eigenvalue weighted by molar-refractivity contribution is 8.00. The number of H-pyrrole nitrogens is 1. The molecule has 7 atom stereocenters. The molecule has 0 spiro atoms. The van der Waals surface area contributed by atoms with Gasteiger partial charge in [-0.3, -0.25) is 19.3 Å². The molecule has 1 aromatic heterocycles. The van der Waals surface area contributed by atoms with Crippen LogP contribution in [0.2, 0.25) is 0 Å². The number of aromatic nitrogens is 1. The van der Waals surface area contributed by atoms with Crippen molar-refractivity contribution in [1.29, 1.82) is 0 Å². The van der Waals surface area contributed by atoms with Crippen molar-refractivity contribution in [3.05, 3.63) is 74.5 Å². The van der Waals surface area contributed by atoms with Crippen LogP contribution in [-0.2, 0) is 9.59 Å². The van der Waals surface area contributed by atoms with E-state index in [0.717, 1.165) is 33.2 Å². The Bertz CT molecular complexity index is 1420. The summed E-state index contributed by atoms with van der Waals surface area (Å²) in [4.78, 5) is 44.4. The van der Waals surface area contributed by atoms with E-state index in [1.807, 2.05) is 12.1 Å². The van der Waals surface area contributed by atoms with Crippen molar-refractivity contribution in [3.8, 4) is 5.75 Å². The van der Waals surface area contributed by atoms with E-state index in [2.05, 4.69) is 4.98 Å². The molecule has 2 aromatic carbocycles. The van der Waals surface area contributed by atoms with Crippen LogP contribution in [0.5, 0.6) is 5.75 Å². The van der Waals surface area contributed by atoms with Gasteiger partial charge in [0.15, 0.2) is 0 Å². The topological polar surface area (TPSA) is 90.5 Å². The van der Waals surface area contributed by atoms with Gasteiger partial charge in [0.2, 0.25) is 11.8 Å². The molecule has 3 aromatic rings. The maximum atomic E-state index is 13.6. The van der Waals surface area contributed by atoms with Crippen LogP contribution in [0, 0.1) is 35.4 Å². The summed E-state index contributed by atoms with van der Waals surface area (Å²) in [5.74, 6) is -1.76. The van der Waals surface area contributed by atoms with E-state index in [9.17, 15) is 23.9 Å². The normalized spacial score (nSPS) is 33.2. The third kappa shape index (κ3) is 2.59. The molecule has 1 saturated heterocycles. The SMILES string of the molecule is O=C1[C@H]2[C@H]3C[C@@H]([C@@H]4Sc5[nH]c(=O)sc5[C@@H](c5ccccc5O)[C@H]34)[C@@H]2C(=O)N1c1ccc(F)cc1. The molecule has 2 aliphatic heterocycles. The van der Waals surface area contributed by atoms with Crippen LogP contribution in [-0.4, -0.2) is 27.2 Å². The van der Waals surface area contributed by atoms with Crippen LogP contribution in [0.15, 0.2) is 58.4 Å². The summed E-state index contributed by atoms with van der Waals surface area (Å²) in [6, 6.07) is 12.6. The van der Waals surface area contributed by atoms with E-state index < -0.39 is 17.7 Å². The maximum absolute atomic E-state index is 13.6. The first kappa shape index (κ1) is 20.5. The number of aromatic amines is 1. The molecule has 9 heteroatoms. The maximum Gasteiger partial charge on any atom is 0.305 e. The number of thiazole rings is 1. The lowest BCUT2D eigenvalue weighted by molar-refractivity contribution is -0.123. The molecule has 34 heavy (non-hydrogen) atoms. The number of benzene rings is 2. The molecule has 172 valence electrons. The minimum Gasteiger partial charge on any atom is -0.508 e. The Hall–Kier alpha value is -2.91. The Morgan fingerprint density at radius 2 is 1.68 bits per heavy atom. The minimum absolute atomic E-state index is 0.00296. The number of phenolic OH excluding ortho intramolecular Hbond substituents is 1. The highest BCUT2D eigenvalue weighted by Gasteiger charge is 2.69. The number of hydrogen-bond donors (Lipinski definition) is 2. The van der Waals surface area contributed by atoms with Gasteiger partial charge in [0.1, 0.15) is 11.6 Å². The number of imide groups is 1. The van der Waals surface area contributed by atoms with Gasteiger partial charge in [-0.2, -0.15) is 0 Å². The molecule has 0 radical (unpaired) electrons. The Kier molecular flexibility index (Phi) is 4.24. The van der Waals surface area contributed by atoms with Crippen molar-refractivity contribution in [1.82, 2.24) is 4.98 Å². The number of nitrogens with zero attached hydrogens (tertiary/aromatic N) is 1. The van der Waals surface area contributed by atoms with Gasteiger partial charge >= 0.3 is 4.87 Å². The second-order valence-corrected chi connectivity index (χ2v) is 11.7. The van der Waals surface area contributed by atoms with Gasteiger partial charge in [0.25, 0.3) is 0 Å². The Balaban J connectivity index is 1.34. The molecule has 3 heterocycles. The number of carbonyl (C=O) groups is 2. The Morgan fingerprint density at radius 1 is 0.971 bits per heavy atom. The summed E-state index contributed by atoms with van der Waals surface area (Å²) in [6.07, 6.45) is 0.773. The third-order valence-electron chi connectivity index (χ3n) is 8.08. The van der Waals surface area contributed by atoms with Crippen LogP contribution in [0.1, 0.15) is 22.8 Å². The van der Waals surface area contributed by atoms with Crippen LogP contribution in [0.25, 0.3) is 0 Å². The van der Waals surface area contributed by atoms with Gasteiger partial charge in [-0.1, -0.05) is 29.5 Å². The number of anilines is 1. The number of para-hydroxylation sites is 1. The number of aromatic hydroxyl groups is 1. The van der Waals surface area contributed by atoms with Crippen LogP contribution in [0.3, 0.4) is 0 Å². The number of rotatable bonds is 2. The summed E-state index contributed by atoms with van der Waals surface area (Å²) in [7, 11) is 0. The summed E-state index contributed by atoms with van der Waals surface area (Å²) in [6.45, 7) is 0. The zero-order chi connectivity index (χ0) is 23.3. The average Bonchev–Trinajstić information content (AvgIpc) is 3.54. The van der Waals surface area contributed by atoms with E-state index in [1.165, 1.54) is 29.2 Å². The summed E-state index contributed by atoms with van der Waals surface area (Å²) >= 11 is 2.77. The Morgan fingerprint density at radius 3 is 2.41 bits per heavy atom. The minimum atomic E-state index is -0.435. The zero-order valence-corrected chi connectivity index (χ0v) is 19.3. The fraction of sp³-hybridized carbons (Fsp3) is 0.320. The lowest BCUT2D eigenvalue weighted by atomic mass is 9.68. The van der Waals surface area contributed by atoms with Gasteiger partial charge in [-0.05, 0) is 54.5 Å². The zero-order valence-electron chi connectivity index (χ0n) is 17.7. The number of halogens is 1. The summed E-state index contributed by atoms with van der Waals surface area (Å²) in [5, 5.41) is 11.6. The fourth-order valence-electron chi connectivity index (χ4n) is 6.96. The molecule has 2 amide bonds. The van der Waals surface area contributed by atoms with Gasteiger partial charge in [-0.15, -0.1) is 11.8 Å². The molecule has 2 aliphatic carbocycles. The van der Waals surface area contributed by atoms with Gasteiger partial charge < -0.3 is 10.1 Å². The lowest BCUT2D eigenvalue weighted by Gasteiger charge is -2.43. The second kappa shape index (κ2) is 7.05. The monoisotopic (exact) mass is 494 g/mol. The molecule has 7 rings (SSSR count). The summed E-state index contributed by atoms with van der Waals surface area (Å²) in [5.41, 5.74) is 1.16. The standard InChI is InChI=1S/C25H19FN2O4S2/c26-10-5-7-11(8-6-10)28-23(30)18-13-9-14(19(18)24(28)31)20-17(13)16(12-3-1-2-4-15(12)29)21-22(33-20)27-25(32)34-21/h1-8,13-14,16-20,29H,9H2,(H,27,32)/t13-,14+,16-,17-,18-,19-,20-/m0/s1. The van der Waals surface area contributed by atoms with Crippen molar-refractivity contribution < 1.29 is 19.1 Å². The first-order valence-electron chi connectivity index (χ1n) is 11.2. The molecule has 4 aliphatic rings. The van der Waals surface area contributed by atoms with Crippen molar-refractivity contribution >= 4 is 40.6 Å². The van der Waals surface area contributed by atoms with Gasteiger partial charge in [0, 0.05) is 21.6 Å². The second-order valence-electron chi connectivity index (χ2n) is 9.51. The van der Waals surface area contributed by atoms with Crippen LogP contribution < -0.4 is 9.77 Å². The molecule has 0 unspecified atom stereocenters. The number of carbonyl (C=O) groups excluding carboxylic acids is 2. The number of amides is 2. The largest absolute Gasteiger partial charge is 0.508 e. The number of nitrogens with one attached hydrogen (secondary N) is 1. The van der Waals surface area contributed by atoms with E-state index in [-0.39, 0.29) is 51.4 Å². The average molecular weight is 495 g/mol. The van der Waals surface area contributed by atoms with Crippen molar-refractivity contribution in [2.24, 2.45) is 29.6 Å². The van der Waals surface area contributed by atoms with Crippen molar-refractivity contribution in [2.45, 2.75) is 22.6 Å². The number of phenols is 1. The van der Waals surface area contributed by atoms with Crippen LogP contribution in [0.4, 0.5) is 10.1 Å². The fourth-order valence-corrected chi connectivity index (χ4v) is 9.84.